The average molecular weight is 320 g/mol. The molecule has 1 saturated carbocycles. The number of carbonyl (C=O) groups is 1. The molecule has 2 N–H and O–H groups in total. The second-order valence-corrected chi connectivity index (χ2v) is 7.14. The van der Waals surface area contributed by atoms with Crippen molar-refractivity contribution in [2.24, 2.45) is 0 Å². The number of aromatic nitrogens is 2. The quantitative estimate of drug-likeness (QED) is 0.801. The van der Waals surface area contributed by atoms with Crippen molar-refractivity contribution in [3.05, 3.63) is 35.9 Å². The summed E-state index contributed by atoms with van der Waals surface area (Å²) in [6.07, 6.45) is 2.17. The maximum atomic E-state index is 12.5. The van der Waals surface area contributed by atoms with E-state index >= 15 is 0 Å². The van der Waals surface area contributed by atoms with E-state index in [2.05, 4.69) is 20.8 Å². The van der Waals surface area contributed by atoms with Crippen molar-refractivity contribution in [1.82, 2.24) is 15.5 Å². The Labute approximate surface area is 131 Å². The predicted octanol–water partition coefficient (Wildman–Crippen LogP) is 2.69. The van der Waals surface area contributed by atoms with Crippen LogP contribution < -0.4 is 10.6 Å². The van der Waals surface area contributed by atoms with Gasteiger partial charge in [0.05, 0.1) is 0 Å². The zero-order chi connectivity index (χ0) is 14.7. The average Bonchev–Trinajstić information content (AvgIpc) is 3.21. The number of nitrogens with zero attached hydrogens (tertiary/aromatic N) is 2. The van der Waals surface area contributed by atoms with Crippen molar-refractivity contribution in [3.63, 3.8) is 0 Å². The summed E-state index contributed by atoms with van der Waals surface area (Å²) >= 11 is 2.91. The van der Waals surface area contributed by atoms with Crippen LogP contribution in [0.3, 0.4) is 0 Å². The van der Waals surface area contributed by atoms with Crippen LogP contribution in [0.15, 0.2) is 34.7 Å². The minimum Gasteiger partial charge on any atom is -0.363 e. The van der Waals surface area contributed by atoms with Gasteiger partial charge in [0, 0.05) is 13.1 Å². The van der Waals surface area contributed by atoms with Crippen molar-refractivity contribution < 1.29 is 4.79 Å². The topological polar surface area (TPSA) is 66.9 Å². The molecule has 1 amide bonds. The molecule has 1 aromatic carbocycles. The third-order valence-corrected chi connectivity index (χ3v) is 5.38. The Bertz CT molecular complexity index is 612. The summed E-state index contributed by atoms with van der Waals surface area (Å²) < 4.78 is 0.791. The van der Waals surface area contributed by atoms with Gasteiger partial charge in [-0.3, -0.25) is 4.79 Å². The molecule has 0 radical (unpaired) electrons. The molecule has 0 spiro atoms. The van der Waals surface area contributed by atoms with Gasteiger partial charge in [-0.15, -0.1) is 10.2 Å². The van der Waals surface area contributed by atoms with Crippen molar-refractivity contribution in [1.29, 1.82) is 0 Å². The first kappa shape index (κ1) is 14.3. The number of anilines is 1. The van der Waals surface area contributed by atoms with E-state index in [1.807, 2.05) is 37.4 Å². The number of nitrogens with one attached hydrogen (secondary N) is 2. The minimum atomic E-state index is -0.288. The Morgan fingerprint density at radius 1 is 1.33 bits per heavy atom. The molecule has 1 aliphatic carbocycles. The maximum Gasteiger partial charge on any atom is 0.238 e. The molecule has 1 aliphatic rings. The largest absolute Gasteiger partial charge is 0.363 e. The van der Waals surface area contributed by atoms with Crippen LogP contribution in [0.5, 0.6) is 0 Å². The molecule has 7 heteroatoms. The van der Waals surface area contributed by atoms with Gasteiger partial charge in [0.15, 0.2) is 4.34 Å². The van der Waals surface area contributed by atoms with Gasteiger partial charge in [0.2, 0.25) is 11.0 Å². The Morgan fingerprint density at radius 3 is 2.71 bits per heavy atom. The number of thioether (sulfide) groups is 1. The van der Waals surface area contributed by atoms with Crippen LogP contribution in [0.25, 0.3) is 0 Å². The van der Waals surface area contributed by atoms with E-state index in [1.54, 1.807) is 0 Å². The van der Waals surface area contributed by atoms with Gasteiger partial charge in [-0.2, -0.15) is 0 Å². The third-order valence-electron chi connectivity index (χ3n) is 3.10. The Morgan fingerprint density at radius 2 is 2.10 bits per heavy atom. The number of benzene rings is 1. The molecule has 0 saturated heterocycles. The van der Waals surface area contributed by atoms with Gasteiger partial charge in [-0.1, -0.05) is 53.4 Å². The predicted molar refractivity (Wildman–Crippen MR) is 85.7 cm³/mol. The molecule has 0 aliphatic heterocycles. The maximum absolute atomic E-state index is 12.5. The fourth-order valence-electron chi connectivity index (χ4n) is 1.86. The van der Waals surface area contributed by atoms with Gasteiger partial charge in [-0.25, -0.2) is 0 Å². The van der Waals surface area contributed by atoms with Gasteiger partial charge in [0.1, 0.15) is 5.25 Å². The Balaban J connectivity index is 1.79. The summed E-state index contributed by atoms with van der Waals surface area (Å²) in [5.41, 5.74) is 0.988. The normalized spacial score (nSPS) is 15.5. The smallest absolute Gasteiger partial charge is 0.238 e. The van der Waals surface area contributed by atoms with Crippen molar-refractivity contribution in [3.8, 4) is 0 Å². The van der Waals surface area contributed by atoms with Crippen LogP contribution in [0, 0.1) is 0 Å². The van der Waals surface area contributed by atoms with Crippen molar-refractivity contribution in [2.75, 3.05) is 12.4 Å². The van der Waals surface area contributed by atoms with E-state index in [4.69, 9.17) is 0 Å². The highest BCUT2D eigenvalue weighted by Gasteiger charge is 2.29. The molecule has 0 unspecified atom stereocenters. The first-order valence-corrected chi connectivity index (χ1v) is 8.49. The molecule has 3 rings (SSSR count). The molecule has 2 aromatic rings. The van der Waals surface area contributed by atoms with Crippen LogP contribution in [0.2, 0.25) is 0 Å². The van der Waals surface area contributed by atoms with Crippen LogP contribution in [-0.4, -0.2) is 29.2 Å². The van der Waals surface area contributed by atoms with E-state index in [9.17, 15) is 4.79 Å². The molecule has 1 atom stereocenters. The van der Waals surface area contributed by atoms with Gasteiger partial charge >= 0.3 is 0 Å². The monoisotopic (exact) mass is 320 g/mol. The highest BCUT2D eigenvalue weighted by molar-refractivity contribution is 8.01. The van der Waals surface area contributed by atoms with Crippen LogP contribution in [-0.2, 0) is 4.79 Å². The standard InChI is InChI=1S/C14H16N4OS2/c1-15-13-17-18-14(21-13)20-11(9-5-3-2-4-6-9)12(19)16-10-7-8-10/h2-6,10-11H,7-8H2,1H3,(H,15,17)(H,16,19)/t11-/m0/s1. The zero-order valence-electron chi connectivity index (χ0n) is 11.6. The lowest BCUT2D eigenvalue weighted by molar-refractivity contribution is -0.120. The Kier molecular flexibility index (Phi) is 4.40. The highest BCUT2D eigenvalue weighted by Crippen LogP contribution is 2.38. The first-order valence-electron chi connectivity index (χ1n) is 6.79. The SMILES string of the molecule is CNc1nnc(S[C@H](C(=O)NC2CC2)c2ccccc2)s1. The van der Waals surface area contributed by atoms with E-state index in [-0.39, 0.29) is 11.2 Å². The lowest BCUT2D eigenvalue weighted by atomic mass is 10.1. The van der Waals surface area contributed by atoms with Crippen molar-refractivity contribution >= 4 is 34.1 Å². The molecular weight excluding hydrogens is 304 g/mol. The first-order chi connectivity index (χ1) is 10.3. The highest BCUT2D eigenvalue weighted by atomic mass is 32.2. The fraction of sp³-hybridized carbons (Fsp3) is 0.357. The molecule has 5 nitrogen and oxygen atoms in total. The second kappa shape index (κ2) is 6.44. The number of hydrogen-bond donors (Lipinski definition) is 2. The number of hydrogen-bond acceptors (Lipinski definition) is 6. The zero-order valence-corrected chi connectivity index (χ0v) is 13.2. The summed E-state index contributed by atoms with van der Waals surface area (Å²) in [7, 11) is 1.81. The van der Waals surface area contributed by atoms with Crippen LogP contribution >= 0.6 is 23.1 Å². The lowest BCUT2D eigenvalue weighted by Gasteiger charge is -2.15. The third kappa shape index (κ3) is 3.74. The van der Waals surface area contributed by atoms with Crippen LogP contribution in [0.1, 0.15) is 23.7 Å². The summed E-state index contributed by atoms with van der Waals surface area (Å²) in [5, 5.41) is 14.6. The number of carbonyl (C=O) groups excluding carboxylic acids is 1. The summed E-state index contributed by atoms with van der Waals surface area (Å²) in [6.45, 7) is 0. The lowest BCUT2D eigenvalue weighted by Crippen LogP contribution is -2.29. The van der Waals surface area contributed by atoms with Gasteiger partial charge in [-0.05, 0) is 18.4 Å². The van der Waals surface area contributed by atoms with Crippen LogP contribution in [0.4, 0.5) is 5.13 Å². The summed E-state index contributed by atoms with van der Waals surface area (Å²) in [5.74, 6) is 0.0508. The van der Waals surface area contributed by atoms with Crippen molar-refractivity contribution in [2.45, 2.75) is 28.5 Å². The number of amides is 1. The molecule has 110 valence electrons. The van der Waals surface area contributed by atoms with E-state index in [0.29, 0.717) is 6.04 Å². The summed E-state index contributed by atoms with van der Waals surface area (Å²) in [4.78, 5) is 12.5. The molecule has 0 bridgehead atoms. The molecule has 1 heterocycles. The number of rotatable bonds is 6. The molecular formula is C14H16N4OS2. The Hall–Kier alpha value is -1.60. The van der Waals surface area contributed by atoms with Gasteiger partial charge < -0.3 is 10.6 Å². The van der Waals surface area contributed by atoms with E-state index in [0.717, 1.165) is 27.9 Å². The van der Waals surface area contributed by atoms with Gasteiger partial charge in [0.25, 0.3) is 0 Å². The second-order valence-electron chi connectivity index (χ2n) is 4.81. The molecule has 1 fully saturated rings. The summed E-state index contributed by atoms with van der Waals surface area (Å²) in [6, 6.07) is 10.2. The molecule has 1 aromatic heterocycles. The molecule has 21 heavy (non-hydrogen) atoms. The van der Waals surface area contributed by atoms with E-state index < -0.39 is 0 Å². The van der Waals surface area contributed by atoms with E-state index in [1.165, 1.54) is 23.1 Å². The minimum absolute atomic E-state index is 0.0508. The fourth-order valence-corrected chi connectivity index (χ4v) is 3.77.